The van der Waals surface area contributed by atoms with Crippen LogP contribution >= 0.6 is 8.46 Å². The molecule has 0 aliphatic carbocycles. The topological polar surface area (TPSA) is 17.1 Å². The van der Waals surface area contributed by atoms with Crippen molar-refractivity contribution in [3.8, 4) is 0 Å². The molecule has 1 nitrogen and oxygen atoms in total. The second-order valence-corrected chi connectivity index (χ2v) is 13.9. The molecule has 0 rings (SSSR count). The average Bonchev–Trinajstić information content (AvgIpc) is 2.97. The molecule has 0 N–H and O–H groups in total. The van der Waals surface area contributed by atoms with E-state index in [0.29, 0.717) is 8.46 Å². The standard InChI is InChI=1S/C38H77OP/c1-2-3-4-5-6-7-8-9-10-11-12-13-14-15-16-17-18-19-20-21-22-23-24-25-26-27-28-29-30-31-32-33-34-35-36-37-38-40-39/h2-38H2,1H3. The Kier molecular flexibility index (Phi) is 39.2. The summed E-state index contributed by atoms with van der Waals surface area (Å²) in [6, 6.07) is 0. The average molecular weight is 581 g/mol. The summed E-state index contributed by atoms with van der Waals surface area (Å²) in [6.07, 6.45) is 53.1. The van der Waals surface area contributed by atoms with Gasteiger partial charge in [-0.2, -0.15) is 0 Å². The highest BCUT2D eigenvalue weighted by Crippen LogP contribution is 2.17. The van der Waals surface area contributed by atoms with E-state index in [2.05, 4.69) is 6.92 Å². The van der Waals surface area contributed by atoms with Gasteiger partial charge in [-0.1, -0.05) is 232 Å². The summed E-state index contributed by atoms with van der Waals surface area (Å²) < 4.78 is 10.4. The van der Waals surface area contributed by atoms with Crippen LogP contribution in [0.4, 0.5) is 0 Å². The lowest BCUT2D eigenvalue weighted by molar-refractivity contribution is 0.510. The fourth-order valence-corrected chi connectivity index (χ4v) is 6.61. The van der Waals surface area contributed by atoms with E-state index in [1.54, 1.807) is 0 Å². The van der Waals surface area contributed by atoms with Gasteiger partial charge in [0.2, 0.25) is 0 Å². The van der Waals surface area contributed by atoms with E-state index < -0.39 is 0 Å². The van der Waals surface area contributed by atoms with Crippen molar-refractivity contribution in [3.63, 3.8) is 0 Å². The first-order chi connectivity index (χ1) is 19.9. The summed E-state index contributed by atoms with van der Waals surface area (Å²) in [7, 11) is 0.332. The van der Waals surface area contributed by atoms with Gasteiger partial charge in [0, 0.05) is 6.16 Å². The molecule has 0 aromatic rings. The van der Waals surface area contributed by atoms with Crippen LogP contribution in [0.3, 0.4) is 0 Å². The van der Waals surface area contributed by atoms with E-state index in [-0.39, 0.29) is 0 Å². The Morgan fingerprint density at radius 3 is 0.550 bits per heavy atom. The highest BCUT2D eigenvalue weighted by Gasteiger charge is 1.97. The van der Waals surface area contributed by atoms with Crippen LogP contribution in [0, 0.1) is 0 Å². The van der Waals surface area contributed by atoms with Crippen molar-refractivity contribution in [2.75, 3.05) is 6.16 Å². The number of hydrogen-bond donors (Lipinski definition) is 0. The first kappa shape index (κ1) is 40.1. The summed E-state index contributed by atoms with van der Waals surface area (Å²) in [5, 5.41) is 0. The molecule has 0 aromatic carbocycles. The summed E-state index contributed by atoms with van der Waals surface area (Å²) in [4.78, 5) is 0. The Morgan fingerprint density at radius 1 is 0.250 bits per heavy atom. The van der Waals surface area contributed by atoms with Crippen LogP contribution in [0.5, 0.6) is 0 Å². The lowest BCUT2D eigenvalue weighted by Gasteiger charge is -2.05. The molecule has 0 unspecified atom stereocenters. The zero-order valence-corrected chi connectivity index (χ0v) is 28.9. The van der Waals surface area contributed by atoms with Crippen LogP contribution in [-0.2, 0) is 4.57 Å². The van der Waals surface area contributed by atoms with Gasteiger partial charge in [0.15, 0.2) is 8.46 Å². The molecule has 0 radical (unpaired) electrons. The molecule has 0 amide bonds. The van der Waals surface area contributed by atoms with Gasteiger partial charge >= 0.3 is 0 Å². The summed E-state index contributed by atoms with van der Waals surface area (Å²) in [6.45, 7) is 2.31. The van der Waals surface area contributed by atoms with E-state index in [0.717, 1.165) is 12.6 Å². The van der Waals surface area contributed by atoms with Gasteiger partial charge in [-0.15, -0.1) is 0 Å². The third-order valence-electron chi connectivity index (χ3n) is 9.10. The largest absolute Gasteiger partial charge is 0.275 e. The fraction of sp³-hybridized carbons (Fsp3) is 1.00. The van der Waals surface area contributed by atoms with Crippen LogP contribution in [-0.4, -0.2) is 6.16 Å². The molecule has 0 aromatic heterocycles. The van der Waals surface area contributed by atoms with E-state index >= 15 is 0 Å². The van der Waals surface area contributed by atoms with Crippen LogP contribution in [0.15, 0.2) is 0 Å². The lowest BCUT2D eigenvalue weighted by Crippen LogP contribution is -1.85. The molecule has 0 fully saturated rings. The van der Waals surface area contributed by atoms with Crippen LogP contribution < -0.4 is 0 Å². The monoisotopic (exact) mass is 581 g/mol. The third kappa shape index (κ3) is 38.1. The van der Waals surface area contributed by atoms with E-state index in [4.69, 9.17) is 0 Å². The smallest absolute Gasteiger partial charge is 0.155 e. The maximum Gasteiger partial charge on any atom is 0.155 e. The van der Waals surface area contributed by atoms with E-state index in [1.165, 1.54) is 225 Å². The van der Waals surface area contributed by atoms with Gasteiger partial charge in [0.25, 0.3) is 0 Å². The van der Waals surface area contributed by atoms with Gasteiger partial charge in [0.05, 0.1) is 0 Å². The molecule has 0 aliphatic heterocycles. The molecule has 0 spiro atoms. The van der Waals surface area contributed by atoms with Crippen molar-refractivity contribution < 1.29 is 4.57 Å². The molecule has 40 heavy (non-hydrogen) atoms. The summed E-state index contributed by atoms with van der Waals surface area (Å²) in [5.41, 5.74) is 0. The predicted molar refractivity (Wildman–Crippen MR) is 184 cm³/mol. The Hall–Kier alpha value is 0.100. The molecule has 2 heteroatoms. The molecule has 0 bridgehead atoms. The molecular weight excluding hydrogens is 503 g/mol. The predicted octanol–water partition coefficient (Wildman–Crippen LogP) is 15.3. The van der Waals surface area contributed by atoms with Crippen LogP contribution in [0.25, 0.3) is 0 Å². The quantitative estimate of drug-likeness (QED) is 0.0527. The minimum Gasteiger partial charge on any atom is -0.275 e. The van der Waals surface area contributed by atoms with Gasteiger partial charge < -0.3 is 0 Å². The maximum absolute atomic E-state index is 10.4. The van der Waals surface area contributed by atoms with Crippen LogP contribution in [0.2, 0.25) is 0 Å². The minimum absolute atomic E-state index is 0.332. The second kappa shape index (κ2) is 39.1. The van der Waals surface area contributed by atoms with Crippen LogP contribution in [0.1, 0.15) is 238 Å². The third-order valence-corrected chi connectivity index (χ3v) is 9.60. The molecule has 0 saturated carbocycles. The normalized spacial score (nSPS) is 11.6. The zero-order chi connectivity index (χ0) is 28.9. The molecule has 0 saturated heterocycles. The van der Waals surface area contributed by atoms with Gasteiger partial charge in [-0.25, -0.2) is 0 Å². The highest BCUT2D eigenvalue weighted by molar-refractivity contribution is 7.23. The molecule has 0 atom stereocenters. The van der Waals surface area contributed by atoms with E-state index in [9.17, 15) is 4.57 Å². The van der Waals surface area contributed by atoms with Crippen molar-refractivity contribution in [1.82, 2.24) is 0 Å². The number of unbranched alkanes of at least 4 members (excludes halogenated alkanes) is 35. The second-order valence-electron chi connectivity index (χ2n) is 13.2. The molecule has 0 aliphatic rings. The van der Waals surface area contributed by atoms with Crippen molar-refractivity contribution in [1.29, 1.82) is 0 Å². The zero-order valence-electron chi connectivity index (χ0n) is 28.0. The first-order valence-corrected chi connectivity index (χ1v) is 20.2. The molecule has 240 valence electrons. The Morgan fingerprint density at radius 2 is 0.400 bits per heavy atom. The minimum atomic E-state index is 0.332. The van der Waals surface area contributed by atoms with Gasteiger partial charge in [-0.05, 0) is 6.42 Å². The van der Waals surface area contributed by atoms with Crippen molar-refractivity contribution in [2.45, 2.75) is 238 Å². The Labute approximate surface area is 256 Å². The first-order valence-electron chi connectivity index (χ1n) is 19.2. The maximum atomic E-state index is 10.4. The summed E-state index contributed by atoms with van der Waals surface area (Å²) in [5.74, 6) is 0. The highest BCUT2D eigenvalue weighted by atomic mass is 31.1. The summed E-state index contributed by atoms with van der Waals surface area (Å²) >= 11 is 0. The number of hydrogen-bond acceptors (Lipinski definition) is 1. The van der Waals surface area contributed by atoms with Crippen molar-refractivity contribution in [3.05, 3.63) is 0 Å². The SMILES string of the molecule is CCCCCCCCCCCCCCCCCCCCCCCCCCCCCCCCCCCCCCP=O. The Balaban J connectivity index is 3.02. The Bertz CT molecular complexity index is 437. The van der Waals surface area contributed by atoms with Gasteiger partial charge in [0.1, 0.15) is 0 Å². The van der Waals surface area contributed by atoms with E-state index in [1.807, 2.05) is 0 Å². The molecule has 0 heterocycles. The van der Waals surface area contributed by atoms with Crippen molar-refractivity contribution in [2.24, 2.45) is 0 Å². The lowest BCUT2D eigenvalue weighted by atomic mass is 10.0. The van der Waals surface area contributed by atoms with Crippen molar-refractivity contribution >= 4 is 8.46 Å². The molecular formula is C38H77OP. The number of rotatable bonds is 37. The van der Waals surface area contributed by atoms with Gasteiger partial charge in [-0.3, -0.25) is 4.57 Å². The fourth-order valence-electron chi connectivity index (χ4n) is 6.26.